The van der Waals surface area contributed by atoms with Gasteiger partial charge in [-0.05, 0) is 31.0 Å². The Hall–Kier alpha value is -1.35. The molecule has 1 aromatic carbocycles. The summed E-state index contributed by atoms with van der Waals surface area (Å²) in [6.45, 7) is 5.33. The Morgan fingerprint density at radius 1 is 1.31 bits per heavy atom. The average Bonchev–Trinajstić information content (AvgIpc) is 2.62. The van der Waals surface area contributed by atoms with Gasteiger partial charge in [-0.3, -0.25) is 4.99 Å². The molecule has 1 heterocycles. The van der Waals surface area contributed by atoms with E-state index in [1.807, 2.05) is 31.2 Å². The number of rotatable bonds is 8. The highest BCUT2D eigenvalue weighted by atomic mass is 35.5. The second-order valence-corrected chi connectivity index (χ2v) is 8.42. The zero-order chi connectivity index (χ0) is 18.8. The number of guanidine groups is 1. The van der Waals surface area contributed by atoms with Gasteiger partial charge in [-0.2, -0.15) is 4.31 Å². The Morgan fingerprint density at radius 3 is 2.77 bits per heavy atom. The summed E-state index contributed by atoms with van der Waals surface area (Å²) in [7, 11) is -3.29. The van der Waals surface area contributed by atoms with Crippen LogP contribution in [0.4, 0.5) is 0 Å². The minimum atomic E-state index is -3.29. The van der Waals surface area contributed by atoms with Crippen molar-refractivity contribution in [2.75, 3.05) is 51.7 Å². The fourth-order valence-electron chi connectivity index (χ4n) is 2.59. The lowest BCUT2D eigenvalue weighted by molar-refractivity contribution is 0.0731. The molecule has 0 saturated carbocycles. The molecule has 26 heavy (non-hydrogen) atoms. The maximum Gasteiger partial charge on any atom is 0.216 e. The van der Waals surface area contributed by atoms with Crippen molar-refractivity contribution in [1.29, 1.82) is 0 Å². The van der Waals surface area contributed by atoms with Gasteiger partial charge in [-0.1, -0.05) is 23.7 Å². The molecule has 2 rings (SSSR count). The zero-order valence-electron chi connectivity index (χ0n) is 15.1. The Balaban J connectivity index is 1.81. The van der Waals surface area contributed by atoms with Gasteiger partial charge in [0.1, 0.15) is 0 Å². The van der Waals surface area contributed by atoms with Crippen molar-refractivity contribution in [2.45, 2.75) is 13.3 Å². The summed E-state index contributed by atoms with van der Waals surface area (Å²) in [6, 6.07) is 7.72. The molecule has 2 N–H and O–H groups in total. The largest absolute Gasteiger partial charge is 0.379 e. The predicted molar refractivity (Wildman–Crippen MR) is 105 cm³/mol. The summed E-state index contributed by atoms with van der Waals surface area (Å²) < 4.78 is 31.3. The lowest BCUT2D eigenvalue weighted by Crippen LogP contribution is -2.42. The summed E-state index contributed by atoms with van der Waals surface area (Å²) in [5, 5.41) is 7.07. The van der Waals surface area contributed by atoms with Crippen LogP contribution in [0.2, 0.25) is 5.02 Å². The van der Waals surface area contributed by atoms with Crippen LogP contribution in [0.25, 0.3) is 0 Å². The first-order chi connectivity index (χ1) is 12.5. The van der Waals surface area contributed by atoms with E-state index in [0.29, 0.717) is 45.4 Å². The average molecular weight is 403 g/mol. The van der Waals surface area contributed by atoms with Crippen molar-refractivity contribution >= 4 is 27.6 Å². The molecular weight excluding hydrogens is 376 g/mol. The third-order valence-corrected chi connectivity index (χ3v) is 6.01. The number of nitrogens with one attached hydrogen (secondary N) is 2. The predicted octanol–water partition coefficient (Wildman–Crippen LogP) is 1.10. The van der Waals surface area contributed by atoms with Gasteiger partial charge in [-0.25, -0.2) is 8.42 Å². The highest BCUT2D eigenvalue weighted by molar-refractivity contribution is 7.89. The van der Waals surface area contributed by atoms with E-state index in [1.54, 1.807) is 0 Å². The summed E-state index contributed by atoms with van der Waals surface area (Å²) in [6.07, 6.45) is 0.803. The standard InChI is InChI=1S/C17H27ClN4O3S/c1-2-19-17(20-7-6-15-4-3-5-16(18)14-15)21-8-13-26(23,24)22-9-11-25-12-10-22/h3-5,14H,2,6-13H2,1H3,(H2,19,20,21). The third-order valence-electron chi connectivity index (χ3n) is 3.92. The van der Waals surface area contributed by atoms with Crippen LogP contribution in [-0.2, 0) is 21.2 Å². The van der Waals surface area contributed by atoms with Gasteiger partial charge in [0.25, 0.3) is 0 Å². The number of halogens is 1. The van der Waals surface area contributed by atoms with Crippen LogP contribution in [-0.4, -0.2) is 70.4 Å². The molecule has 0 aromatic heterocycles. The number of aliphatic imine (C=N–C) groups is 1. The minimum Gasteiger partial charge on any atom is -0.379 e. The van der Waals surface area contributed by atoms with Gasteiger partial charge in [0, 0.05) is 31.2 Å². The normalized spacial score (nSPS) is 16.5. The van der Waals surface area contributed by atoms with Crippen LogP contribution < -0.4 is 10.6 Å². The number of nitrogens with zero attached hydrogens (tertiary/aromatic N) is 2. The third kappa shape index (κ3) is 7.11. The number of benzene rings is 1. The van der Waals surface area contributed by atoms with Crippen molar-refractivity contribution in [2.24, 2.45) is 4.99 Å². The topological polar surface area (TPSA) is 83.0 Å². The van der Waals surface area contributed by atoms with E-state index in [-0.39, 0.29) is 12.3 Å². The molecule has 1 fully saturated rings. The van der Waals surface area contributed by atoms with E-state index >= 15 is 0 Å². The molecule has 146 valence electrons. The van der Waals surface area contributed by atoms with E-state index in [9.17, 15) is 8.42 Å². The van der Waals surface area contributed by atoms with Crippen molar-refractivity contribution < 1.29 is 13.2 Å². The molecule has 9 heteroatoms. The quantitative estimate of drug-likeness (QED) is 0.502. The first kappa shape index (κ1) is 21.0. The van der Waals surface area contributed by atoms with Crippen LogP contribution in [0.3, 0.4) is 0 Å². The van der Waals surface area contributed by atoms with Gasteiger partial charge < -0.3 is 15.4 Å². The van der Waals surface area contributed by atoms with E-state index in [1.165, 1.54) is 4.31 Å². The molecule has 0 amide bonds. The first-order valence-corrected chi connectivity index (χ1v) is 10.8. The molecule has 1 aromatic rings. The summed E-state index contributed by atoms with van der Waals surface area (Å²) >= 11 is 5.99. The molecule has 0 unspecified atom stereocenters. The minimum absolute atomic E-state index is 0.00212. The first-order valence-electron chi connectivity index (χ1n) is 8.83. The van der Waals surface area contributed by atoms with E-state index < -0.39 is 10.0 Å². The summed E-state index contributed by atoms with van der Waals surface area (Å²) in [5.74, 6) is 0.615. The molecule has 0 atom stereocenters. The molecule has 0 aliphatic carbocycles. The maximum atomic E-state index is 12.3. The summed E-state index contributed by atoms with van der Waals surface area (Å²) in [5.41, 5.74) is 1.13. The highest BCUT2D eigenvalue weighted by Crippen LogP contribution is 2.10. The molecule has 0 bridgehead atoms. The van der Waals surface area contributed by atoms with Crippen LogP contribution in [0.1, 0.15) is 12.5 Å². The van der Waals surface area contributed by atoms with Crippen LogP contribution >= 0.6 is 11.6 Å². The fourth-order valence-corrected chi connectivity index (χ4v) is 4.08. The lowest BCUT2D eigenvalue weighted by atomic mass is 10.1. The zero-order valence-corrected chi connectivity index (χ0v) is 16.7. The van der Waals surface area contributed by atoms with Gasteiger partial charge in [0.05, 0.1) is 25.5 Å². The van der Waals surface area contributed by atoms with E-state index in [4.69, 9.17) is 16.3 Å². The molecule has 0 spiro atoms. The van der Waals surface area contributed by atoms with Crippen LogP contribution in [0.15, 0.2) is 29.3 Å². The SMILES string of the molecule is CCNC(=NCCS(=O)(=O)N1CCOCC1)NCCc1cccc(Cl)c1. The number of ether oxygens (including phenoxy) is 1. The van der Waals surface area contributed by atoms with Crippen molar-refractivity contribution in [3.63, 3.8) is 0 Å². The second kappa shape index (κ2) is 10.7. The Labute approximate surface area is 160 Å². The highest BCUT2D eigenvalue weighted by Gasteiger charge is 2.23. The van der Waals surface area contributed by atoms with E-state index in [2.05, 4.69) is 15.6 Å². The molecule has 1 saturated heterocycles. The van der Waals surface area contributed by atoms with Gasteiger partial charge in [0.15, 0.2) is 5.96 Å². The van der Waals surface area contributed by atoms with Crippen molar-refractivity contribution in [3.05, 3.63) is 34.9 Å². The van der Waals surface area contributed by atoms with Gasteiger partial charge in [-0.15, -0.1) is 0 Å². The van der Waals surface area contributed by atoms with E-state index in [0.717, 1.165) is 17.0 Å². The monoisotopic (exact) mass is 402 g/mol. The molecular formula is C17H27ClN4O3S. The van der Waals surface area contributed by atoms with Gasteiger partial charge in [0.2, 0.25) is 10.0 Å². The second-order valence-electron chi connectivity index (χ2n) is 5.89. The lowest BCUT2D eigenvalue weighted by Gasteiger charge is -2.25. The molecule has 1 aliphatic rings. The molecule has 0 radical (unpaired) electrons. The number of hydrogen-bond donors (Lipinski definition) is 2. The maximum absolute atomic E-state index is 12.3. The Morgan fingerprint density at radius 2 is 2.08 bits per heavy atom. The van der Waals surface area contributed by atoms with Crippen molar-refractivity contribution in [1.82, 2.24) is 14.9 Å². The Bertz CT molecular complexity index is 691. The number of morpholine rings is 1. The molecule has 7 nitrogen and oxygen atoms in total. The smallest absolute Gasteiger partial charge is 0.216 e. The van der Waals surface area contributed by atoms with Crippen LogP contribution in [0, 0.1) is 0 Å². The Kier molecular flexibility index (Phi) is 8.64. The fraction of sp³-hybridized carbons (Fsp3) is 0.588. The number of sulfonamides is 1. The van der Waals surface area contributed by atoms with Crippen LogP contribution in [0.5, 0.6) is 0 Å². The van der Waals surface area contributed by atoms with Crippen molar-refractivity contribution in [3.8, 4) is 0 Å². The number of hydrogen-bond acceptors (Lipinski definition) is 4. The molecule has 1 aliphatic heterocycles. The summed E-state index contributed by atoms with van der Waals surface area (Å²) in [4.78, 5) is 4.37. The van der Waals surface area contributed by atoms with Gasteiger partial charge >= 0.3 is 0 Å².